The van der Waals surface area contributed by atoms with Gasteiger partial charge < -0.3 is 10.6 Å². The Morgan fingerprint density at radius 3 is 1.08 bits per heavy atom. The summed E-state index contributed by atoms with van der Waals surface area (Å²) < 4.78 is 0. The average Bonchev–Trinajstić information content (AvgIpc) is 2.06. The molecule has 0 rings (SSSR count). The van der Waals surface area contributed by atoms with E-state index in [1.165, 1.54) is 17.4 Å². The van der Waals surface area contributed by atoms with Gasteiger partial charge in [0.15, 0.2) is 0 Å². The van der Waals surface area contributed by atoms with Crippen molar-refractivity contribution < 1.29 is 0 Å². The summed E-state index contributed by atoms with van der Waals surface area (Å²) in [5.41, 5.74) is 2.92. The van der Waals surface area contributed by atoms with E-state index < -0.39 is 0 Å². The Balaban J connectivity index is -0.0000000389. The molecule has 0 amide bonds. The van der Waals surface area contributed by atoms with Crippen LogP contribution in [0.25, 0.3) is 0 Å². The normalized spacial score (nSPS) is 5.00. The molecule has 0 aromatic rings. The van der Waals surface area contributed by atoms with Crippen LogP contribution in [-0.2, 0) is 0 Å². The van der Waals surface area contributed by atoms with Crippen LogP contribution in [-0.4, -0.2) is 54.6 Å². The van der Waals surface area contributed by atoms with Gasteiger partial charge in [0.25, 0.3) is 0 Å². The van der Waals surface area contributed by atoms with Crippen molar-refractivity contribution in [3.05, 3.63) is 0 Å². The number of rotatable bonds is 2. The molecule has 0 saturated carbocycles. The van der Waals surface area contributed by atoms with E-state index in [0.29, 0.717) is 0 Å². The van der Waals surface area contributed by atoms with E-state index in [1.807, 2.05) is 0 Å². The Hall–Kier alpha value is 0.780. The number of thiocarbonyl (C=S) groups is 2. The molecule has 0 aliphatic heterocycles. The molecule has 5 heteroatoms. The van der Waals surface area contributed by atoms with Gasteiger partial charge in [-0.3, -0.25) is 0 Å². The van der Waals surface area contributed by atoms with E-state index in [1.54, 1.807) is 14.1 Å². The second-order valence-corrected chi connectivity index (χ2v) is 1.99. The fourth-order valence-corrected chi connectivity index (χ4v) is 0. The third-order valence-electron chi connectivity index (χ3n) is 0.236. The molecule has 0 unspecified atom stereocenters. The summed E-state index contributed by atoms with van der Waals surface area (Å²) in [4.78, 5) is 0. The minimum absolute atomic E-state index is 0. The summed E-state index contributed by atoms with van der Waals surface area (Å²) in [5, 5.41) is 5.24. The molecule has 2 N–H and O–H groups in total. The first kappa shape index (κ1) is 23.0. The van der Waals surface area contributed by atoms with Crippen molar-refractivity contribution in [1.82, 2.24) is 10.6 Å². The van der Waals surface area contributed by atoms with Gasteiger partial charge in [-0.05, 0) is 0 Å². The van der Waals surface area contributed by atoms with Gasteiger partial charge in [0.2, 0.25) is 0 Å². The van der Waals surface area contributed by atoms with Gasteiger partial charge in [-0.25, -0.2) is 0 Å². The largest absolute Gasteiger partial charge is 0.385 e. The quantitative estimate of drug-likeness (QED) is 0.539. The van der Waals surface area contributed by atoms with Gasteiger partial charge in [-0.1, -0.05) is 44.7 Å². The summed E-state index contributed by atoms with van der Waals surface area (Å²) in [5.74, 6) is 0. The number of nitrogens with one attached hydrogen (secondary N) is 2. The molecule has 2 nitrogen and oxygen atoms in total. The molecule has 69 valence electrons. The van der Waals surface area contributed by atoms with Crippen LogP contribution in [0.1, 0.15) is 20.3 Å². The molecule has 0 aliphatic rings. The predicted octanol–water partition coefficient (Wildman–Crippen LogP) is 1.36. The van der Waals surface area contributed by atoms with Gasteiger partial charge in [-0.15, -0.1) is 0 Å². The maximum Gasteiger partial charge on any atom is 0.0612 e. The molecular formula is C7H18N2NaS2. The van der Waals surface area contributed by atoms with Crippen molar-refractivity contribution >= 4 is 65.0 Å². The summed E-state index contributed by atoms with van der Waals surface area (Å²) in [6.07, 6.45) is 1.25. The number of hydrogen-bond donors (Lipinski definition) is 2. The molecule has 0 bridgehead atoms. The van der Waals surface area contributed by atoms with Crippen LogP contribution in [0.4, 0.5) is 0 Å². The Kier molecular flexibility index (Phi) is 78.6. The minimum Gasteiger partial charge on any atom is -0.385 e. The molecule has 0 saturated heterocycles. The zero-order valence-corrected chi connectivity index (χ0v) is 12.3. The summed E-state index contributed by atoms with van der Waals surface area (Å²) in [6.45, 7) is 4.25. The predicted molar refractivity (Wildman–Crippen MR) is 67.1 cm³/mol. The van der Waals surface area contributed by atoms with Crippen LogP contribution >= 0.6 is 24.4 Å². The maximum absolute atomic E-state index is 4.32. The molecule has 1 radical (unpaired) electrons. The van der Waals surface area contributed by atoms with Crippen molar-refractivity contribution in [2.24, 2.45) is 0 Å². The summed E-state index contributed by atoms with van der Waals surface area (Å²) >= 11 is 8.63. The zero-order chi connectivity index (χ0) is 9.54. The minimum atomic E-state index is 0. The smallest absolute Gasteiger partial charge is 0.0612 e. The van der Waals surface area contributed by atoms with E-state index in [2.05, 4.69) is 48.9 Å². The first-order valence-electron chi connectivity index (χ1n) is 3.46. The third-order valence-corrected chi connectivity index (χ3v) is 0.707. The molecule has 0 fully saturated rings. The Morgan fingerprint density at radius 1 is 1.00 bits per heavy atom. The van der Waals surface area contributed by atoms with Crippen LogP contribution in [0.15, 0.2) is 0 Å². The molecule has 0 heterocycles. The van der Waals surface area contributed by atoms with E-state index in [-0.39, 0.29) is 29.6 Å². The van der Waals surface area contributed by atoms with Crippen molar-refractivity contribution in [1.29, 1.82) is 0 Å². The fourth-order valence-electron chi connectivity index (χ4n) is 0. The third kappa shape index (κ3) is 133. The molecule has 0 aliphatic carbocycles. The molecule has 12 heavy (non-hydrogen) atoms. The molecule has 0 aromatic heterocycles. The van der Waals surface area contributed by atoms with Gasteiger partial charge in [0.05, 0.1) is 11.0 Å². The van der Waals surface area contributed by atoms with Gasteiger partial charge in [-0.2, -0.15) is 0 Å². The first-order chi connectivity index (χ1) is 5.24. The Bertz CT molecular complexity index is 64.4. The van der Waals surface area contributed by atoms with Crippen LogP contribution in [0, 0.1) is 0 Å². The van der Waals surface area contributed by atoms with Crippen molar-refractivity contribution in [2.45, 2.75) is 20.3 Å². The van der Waals surface area contributed by atoms with E-state index in [0.717, 1.165) is 0 Å². The second-order valence-electron chi connectivity index (χ2n) is 1.52. The molecule has 0 atom stereocenters. The fraction of sp³-hybridized carbons (Fsp3) is 0.714. The Labute approximate surface area is 109 Å². The maximum atomic E-state index is 4.32. The zero-order valence-electron chi connectivity index (χ0n) is 8.68. The van der Waals surface area contributed by atoms with Gasteiger partial charge in [0.1, 0.15) is 0 Å². The first-order valence-corrected chi connectivity index (χ1v) is 4.41. The van der Waals surface area contributed by atoms with Gasteiger partial charge in [0, 0.05) is 43.7 Å². The number of hydrogen-bond acceptors (Lipinski definition) is 2. The van der Waals surface area contributed by atoms with E-state index in [4.69, 9.17) is 0 Å². The summed E-state index contributed by atoms with van der Waals surface area (Å²) in [7, 11) is 3.54. The molecule has 0 aromatic carbocycles. The monoisotopic (exact) mass is 217 g/mol. The molecular weight excluding hydrogens is 199 g/mol. The van der Waals surface area contributed by atoms with Crippen molar-refractivity contribution in [2.75, 3.05) is 14.1 Å². The molecule has 0 spiro atoms. The Morgan fingerprint density at radius 2 is 1.08 bits per heavy atom. The van der Waals surface area contributed by atoms with Crippen LogP contribution < -0.4 is 10.6 Å². The van der Waals surface area contributed by atoms with Crippen LogP contribution in [0.5, 0.6) is 0 Å². The van der Waals surface area contributed by atoms with Crippen LogP contribution in [0.3, 0.4) is 0 Å². The average molecular weight is 217 g/mol. The van der Waals surface area contributed by atoms with Crippen molar-refractivity contribution in [3.8, 4) is 0 Å². The summed E-state index contributed by atoms with van der Waals surface area (Å²) in [6, 6.07) is 0. The van der Waals surface area contributed by atoms with Crippen molar-refractivity contribution in [3.63, 3.8) is 0 Å². The van der Waals surface area contributed by atoms with Crippen LogP contribution in [0.2, 0.25) is 0 Å². The SMILES string of the molecule is CCC.CNC=S.CNC=S.[Na]. The topological polar surface area (TPSA) is 24.1 Å². The van der Waals surface area contributed by atoms with Gasteiger partial charge >= 0.3 is 0 Å². The van der Waals surface area contributed by atoms with E-state index >= 15 is 0 Å². The second kappa shape index (κ2) is 41.0. The standard InChI is InChI=1S/C3H8.2C2H5NS.Na/c1-3-2;2*1-3-2-4;/h3H2,1-2H3;2*2H,1H3,(H,3,4);. The van der Waals surface area contributed by atoms with E-state index in [9.17, 15) is 0 Å².